The maximum atomic E-state index is 12.9. The van der Waals surface area contributed by atoms with Crippen LogP contribution in [0.3, 0.4) is 0 Å². The molecule has 2 aliphatic carbocycles. The normalized spacial score (nSPS) is 22.2. The van der Waals surface area contributed by atoms with Crippen LogP contribution in [0.15, 0.2) is 24.3 Å². The molecule has 3 aliphatic rings. The molecule has 1 saturated heterocycles. The third-order valence-electron chi connectivity index (χ3n) is 5.15. The van der Waals surface area contributed by atoms with Gasteiger partial charge in [-0.05, 0) is 55.7 Å². The molecule has 124 valence electrons. The van der Waals surface area contributed by atoms with Gasteiger partial charge in [0.15, 0.2) is 0 Å². The van der Waals surface area contributed by atoms with Crippen LogP contribution in [0.2, 0.25) is 0 Å². The standard InChI is InChI=1S/C18H19N3O3/c19-11-12-2-1-3-15(10-12)24-9-8-21-16(22)18(13-4-5-13,14-6-7-14)20-17(21)23/h1-3,10,13-14H,4-9H2,(H,20,23). The van der Waals surface area contributed by atoms with Crippen molar-refractivity contribution in [3.8, 4) is 11.8 Å². The quantitative estimate of drug-likeness (QED) is 0.812. The van der Waals surface area contributed by atoms with Crippen molar-refractivity contribution in [1.29, 1.82) is 5.26 Å². The van der Waals surface area contributed by atoms with Crippen LogP contribution in [0, 0.1) is 23.2 Å². The molecule has 1 N–H and O–H groups in total. The number of nitriles is 1. The number of hydrogen-bond acceptors (Lipinski definition) is 4. The second kappa shape index (κ2) is 5.52. The lowest BCUT2D eigenvalue weighted by Gasteiger charge is -2.26. The molecule has 24 heavy (non-hydrogen) atoms. The predicted molar refractivity (Wildman–Crippen MR) is 85.1 cm³/mol. The molecule has 1 aromatic carbocycles. The first-order valence-electron chi connectivity index (χ1n) is 8.42. The molecule has 6 heteroatoms. The topological polar surface area (TPSA) is 82.4 Å². The maximum Gasteiger partial charge on any atom is 0.325 e. The highest BCUT2D eigenvalue weighted by Gasteiger charge is 2.65. The lowest BCUT2D eigenvalue weighted by Crippen LogP contribution is -2.51. The smallest absolute Gasteiger partial charge is 0.325 e. The first kappa shape index (κ1) is 15.0. The molecule has 3 amide bonds. The summed E-state index contributed by atoms with van der Waals surface area (Å²) in [6.45, 7) is 0.447. The monoisotopic (exact) mass is 325 g/mol. The van der Waals surface area contributed by atoms with E-state index in [1.165, 1.54) is 4.90 Å². The summed E-state index contributed by atoms with van der Waals surface area (Å²) in [5, 5.41) is 11.9. The lowest BCUT2D eigenvalue weighted by atomic mass is 9.87. The second-order valence-corrected chi connectivity index (χ2v) is 6.79. The van der Waals surface area contributed by atoms with Crippen molar-refractivity contribution in [2.24, 2.45) is 11.8 Å². The highest BCUT2D eigenvalue weighted by molar-refractivity contribution is 6.08. The van der Waals surface area contributed by atoms with E-state index in [0.717, 1.165) is 25.7 Å². The van der Waals surface area contributed by atoms with Crippen molar-refractivity contribution < 1.29 is 14.3 Å². The van der Waals surface area contributed by atoms with Gasteiger partial charge in [0.1, 0.15) is 17.9 Å². The zero-order valence-corrected chi connectivity index (χ0v) is 13.3. The third-order valence-corrected chi connectivity index (χ3v) is 5.15. The van der Waals surface area contributed by atoms with Crippen LogP contribution in [0.1, 0.15) is 31.2 Å². The minimum absolute atomic E-state index is 0.0770. The number of carbonyl (C=O) groups is 2. The number of nitrogens with one attached hydrogen (secondary N) is 1. The van der Waals surface area contributed by atoms with E-state index in [4.69, 9.17) is 10.00 Å². The Balaban J connectivity index is 1.40. The average molecular weight is 325 g/mol. The molecule has 2 saturated carbocycles. The van der Waals surface area contributed by atoms with Gasteiger partial charge in [-0.1, -0.05) is 6.07 Å². The Hall–Kier alpha value is -2.55. The molecule has 0 atom stereocenters. The molecule has 3 fully saturated rings. The van der Waals surface area contributed by atoms with Gasteiger partial charge in [0, 0.05) is 0 Å². The Kier molecular flexibility index (Phi) is 3.45. The summed E-state index contributed by atoms with van der Waals surface area (Å²) in [5.41, 5.74) is -0.123. The number of benzene rings is 1. The van der Waals surface area contributed by atoms with Crippen LogP contribution >= 0.6 is 0 Å². The number of ether oxygens (including phenoxy) is 1. The SMILES string of the molecule is N#Cc1cccc(OCCN2C(=O)NC(C3CC3)(C3CC3)C2=O)c1. The van der Waals surface area contributed by atoms with Gasteiger partial charge in [0.05, 0.1) is 18.2 Å². The summed E-state index contributed by atoms with van der Waals surface area (Å²) in [7, 11) is 0. The van der Waals surface area contributed by atoms with E-state index in [9.17, 15) is 9.59 Å². The molecule has 1 heterocycles. The number of amides is 3. The van der Waals surface area contributed by atoms with E-state index >= 15 is 0 Å². The van der Waals surface area contributed by atoms with Crippen LogP contribution in [-0.4, -0.2) is 35.5 Å². The summed E-state index contributed by atoms with van der Waals surface area (Å²) in [5.74, 6) is 1.10. The number of carbonyl (C=O) groups excluding carboxylic acids is 2. The van der Waals surface area contributed by atoms with Crippen LogP contribution in [0.4, 0.5) is 4.79 Å². The number of urea groups is 1. The van der Waals surface area contributed by atoms with Crippen LogP contribution < -0.4 is 10.1 Å². The largest absolute Gasteiger partial charge is 0.492 e. The van der Waals surface area contributed by atoms with Gasteiger partial charge in [-0.3, -0.25) is 9.69 Å². The summed E-state index contributed by atoms with van der Waals surface area (Å²) in [6, 6.07) is 8.60. The van der Waals surface area contributed by atoms with E-state index in [-0.39, 0.29) is 25.1 Å². The molecule has 0 radical (unpaired) electrons. The Morgan fingerprint density at radius 1 is 1.25 bits per heavy atom. The second-order valence-electron chi connectivity index (χ2n) is 6.79. The van der Waals surface area contributed by atoms with Crippen LogP contribution in [0.5, 0.6) is 5.75 Å². The highest BCUT2D eigenvalue weighted by Crippen LogP contribution is 2.54. The molecule has 0 bridgehead atoms. The van der Waals surface area contributed by atoms with E-state index < -0.39 is 5.54 Å². The molecular weight excluding hydrogens is 306 g/mol. The first-order valence-corrected chi connectivity index (χ1v) is 8.42. The summed E-state index contributed by atoms with van der Waals surface area (Å²) in [4.78, 5) is 26.5. The highest BCUT2D eigenvalue weighted by atomic mass is 16.5. The fourth-order valence-corrected chi connectivity index (χ4v) is 3.69. The molecule has 0 aromatic heterocycles. The van der Waals surface area contributed by atoms with Gasteiger partial charge in [-0.2, -0.15) is 5.26 Å². The fourth-order valence-electron chi connectivity index (χ4n) is 3.69. The number of rotatable bonds is 6. The Bertz CT molecular complexity index is 719. The predicted octanol–water partition coefficient (Wildman–Crippen LogP) is 2.05. The van der Waals surface area contributed by atoms with Gasteiger partial charge >= 0.3 is 6.03 Å². The molecule has 4 rings (SSSR count). The van der Waals surface area contributed by atoms with Crippen molar-refractivity contribution in [2.75, 3.05) is 13.2 Å². The van der Waals surface area contributed by atoms with E-state index in [0.29, 0.717) is 23.1 Å². The zero-order valence-electron chi connectivity index (χ0n) is 13.3. The van der Waals surface area contributed by atoms with E-state index in [2.05, 4.69) is 11.4 Å². The fraction of sp³-hybridized carbons (Fsp3) is 0.500. The average Bonchev–Trinajstić information content (AvgIpc) is 3.48. The van der Waals surface area contributed by atoms with Crippen LogP contribution in [-0.2, 0) is 4.79 Å². The molecule has 1 aromatic rings. The molecule has 1 aliphatic heterocycles. The Morgan fingerprint density at radius 3 is 2.58 bits per heavy atom. The molecule has 0 unspecified atom stereocenters. The van der Waals surface area contributed by atoms with Crippen molar-refractivity contribution in [1.82, 2.24) is 10.2 Å². The molecular formula is C18H19N3O3. The van der Waals surface area contributed by atoms with Crippen LogP contribution in [0.25, 0.3) is 0 Å². The lowest BCUT2D eigenvalue weighted by molar-refractivity contribution is -0.133. The van der Waals surface area contributed by atoms with Gasteiger partial charge in [-0.15, -0.1) is 0 Å². The van der Waals surface area contributed by atoms with Crippen molar-refractivity contribution in [3.63, 3.8) is 0 Å². The maximum absolute atomic E-state index is 12.9. The van der Waals surface area contributed by atoms with E-state index in [1.54, 1.807) is 24.3 Å². The summed E-state index contributed by atoms with van der Waals surface area (Å²) >= 11 is 0. The molecule has 6 nitrogen and oxygen atoms in total. The Morgan fingerprint density at radius 2 is 1.96 bits per heavy atom. The van der Waals surface area contributed by atoms with Crippen molar-refractivity contribution in [3.05, 3.63) is 29.8 Å². The minimum atomic E-state index is -0.641. The third kappa shape index (κ3) is 2.41. The first-order chi connectivity index (χ1) is 11.6. The minimum Gasteiger partial charge on any atom is -0.492 e. The Labute approximate surface area is 140 Å². The zero-order chi connectivity index (χ0) is 16.7. The van der Waals surface area contributed by atoms with Gasteiger partial charge in [-0.25, -0.2) is 4.79 Å². The number of hydrogen-bond donors (Lipinski definition) is 1. The summed E-state index contributed by atoms with van der Waals surface area (Å²) in [6.07, 6.45) is 4.09. The molecule has 0 spiro atoms. The van der Waals surface area contributed by atoms with Crippen molar-refractivity contribution in [2.45, 2.75) is 31.2 Å². The van der Waals surface area contributed by atoms with Gasteiger partial charge < -0.3 is 10.1 Å². The number of nitrogens with zero attached hydrogens (tertiary/aromatic N) is 2. The van der Waals surface area contributed by atoms with Gasteiger partial charge in [0.25, 0.3) is 5.91 Å². The van der Waals surface area contributed by atoms with E-state index in [1.807, 2.05) is 0 Å². The van der Waals surface area contributed by atoms with Gasteiger partial charge in [0.2, 0.25) is 0 Å². The number of imide groups is 1. The van der Waals surface area contributed by atoms with Crippen molar-refractivity contribution >= 4 is 11.9 Å². The summed E-state index contributed by atoms with van der Waals surface area (Å²) < 4.78 is 5.60.